The monoisotopic (exact) mass is 529 g/mol. The van der Waals surface area contributed by atoms with Gasteiger partial charge in [0.1, 0.15) is 11.6 Å². The molecule has 0 spiro atoms. The molecular formula is C27H44BN5O5. The van der Waals surface area contributed by atoms with Gasteiger partial charge in [0.15, 0.2) is 0 Å². The van der Waals surface area contributed by atoms with Gasteiger partial charge in [-0.05, 0) is 73.6 Å². The first kappa shape index (κ1) is 28.6. The molecule has 1 aliphatic carbocycles. The summed E-state index contributed by atoms with van der Waals surface area (Å²) in [6.45, 7) is 18.6. The predicted molar refractivity (Wildman–Crippen MR) is 146 cm³/mol. The van der Waals surface area contributed by atoms with Crippen LogP contribution in [0.2, 0.25) is 0 Å². The molecule has 3 fully saturated rings. The number of likely N-dealkylation sites (tertiary alicyclic amines) is 1. The Hall–Kier alpha value is -2.40. The minimum Gasteiger partial charge on any atom is -0.444 e. The summed E-state index contributed by atoms with van der Waals surface area (Å²) in [7, 11) is -0.506. The summed E-state index contributed by atoms with van der Waals surface area (Å²) in [6.07, 6.45) is 6.00. The highest BCUT2D eigenvalue weighted by Crippen LogP contribution is 2.37. The van der Waals surface area contributed by atoms with Crippen LogP contribution >= 0.6 is 0 Å². The van der Waals surface area contributed by atoms with Crippen LogP contribution in [0.25, 0.3) is 0 Å². The van der Waals surface area contributed by atoms with E-state index in [1.165, 1.54) is 0 Å². The lowest BCUT2D eigenvalue weighted by atomic mass is 9.81. The lowest BCUT2D eigenvalue weighted by Crippen LogP contribution is -2.52. The molecule has 1 aromatic rings. The average Bonchev–Trinajstić information content (AvgIpc) is 3.45. The number of rotatable bonds is 7. The van der Waals surface area contributed by atoms with Crippen molar-refractivity contribution in [2.45, 2.75) is 117 Å². The third kappa shape index (κ3) is 6.25. The smallest absolute Gasteiger partial charge is 0.444 e. The molecule has 10 nitrogen and oxygen atoms in total. The minimum absolute atomic E-state index is 0.0699. The second-order valence-electron chi connectivity index (χ2n) is 13.1. The predicted octanol–water partition coefficient (Wildman–Crippen LogP) is 2.89. The third-order valence-electron chi connectivity index (χ3n) is 7.83. The Balaban J connectivity index is 1.42. The Morgan fingerprint density at radius 3 is 2.16 bits per heavy atom. The number of ether oxygens (including phenoxy) is 1. The van der Waals surface area contributed by atoms with E-state index in [1.807, 2.05) is 46.4 Å². The van der Waals surface area contributed by atoms with Crippen molar-refractivity contribution < 1.29 is 23.6 Å². The molecule has 1 saturated carbocycles. The molecule has 0 bridgehead atoms. The molecular weight excluding hydrogens is 485 g/mol. The standard InChI is InChI=1S/C27H44BN5O5/c1-17(2)21(31-24(35)36-25(3,4)5)22(34)32-13-12-20(16-32)33(19-10-11-19)23-29-14-18(15-30-23)28-37-26(6,7)27(8,9)38-28/h14-15,17,19-21H,10-13,16H2,1-9H3,(H,31,35)/t20-,21?/m0/s1. The van der Waals surface area contributed by atoms with Crippen molar-refractivity contribution in [3.63, 3.8) is 0 Å². The summed E-state index contributed by atoms with van der Waals surface area (Å²) in [5.41, 5.74) is -0.694. The van der Waals surface area contributed by atoms with Crippen molar-refractivity contribution in [1.29, 1.82) is 0 Å². The van der Waals surface area contributed by atoms with Crippen molar-refractivity contribution >= 4 is 30.5 Å². The normalized spacial score (nSPS) is 23.5. The summed E-state index contributed by atoms with van der Waals surface area (Å²) >= 11 is 0. The van der Waals surface area contributed by atoms with E-state index in [0.717, 1.165) is 24.7 Å². The number of nitrogens with one attached hydrogen (secondary N) is 1. The summed E-state index contributed by atoms with van der Waals surface area (Å²) in [4.78, 5) is 39.4. The van der Waals surface area contributed by atoms with E-state index in [0.29, 0.717) is 25.1 Å². The first-order valence-electron chi connectivity index (χ1n) is 13.8. The molecule has 3 aliphatic rings. The Kier molecular flexibility index (Phi) is 7.75. The van der Waals surface area contributed by atoms with Gasteiger partial charge in [0.05, 0.1) is 17.2 Å². The second-order valence-corrected chi connectivity index (χ2v) is 13.1. The van der Waals surface area contributed by atoms with Crippen LogP contribution in [0.15, 0.2) is 12.4 Å². The van der Waals surface area contributed by atoms with Gasteiger partial charge in [-0.1, -0.05) is 13.8 Å². The lowest BCUT2D eigenvalue weighted by molar-refractivity contribution is -0.133. The van der Waals surface area contributed by atoms with Crippen molar-refractivity contribution in [2.75, 3.05) is 18.0 Å². The number of nitrogens with zero attached hydrogens (tertiary/aromatic N) is 4. The number of carbonyl (C=O) groups is 2. The fourth-order valence-electron chi connectivity index (χ4n) is 4.86. The van der Waals surface area contributed by atoms with Crippen LogP contribution in [0.3, 0.4) is 0 Å². The summed E-state index contributed by atoms with van der Waals surface area (Å²) in [5, 5.41) is 2.79. The second kappa shape index (κ2) is 10.3. The van der Waals surface area contributed by atoms with Gasteiger partial charge in [0, 0.05) is 37.0 Å². The molecule has 0 radical (unpaired) electrons. The number of alkyl carbamates (subject to hydrolysis) is 1. The van der Waals surface area contributed by atoms with E-state index in [-0.39, 0.29) is 17.9 Å². The largest absolute Gasteiger partial charge is 0.498 e. The van der Waals surface area contributed by atoms with E-state index in [4.69, 9.17) is 24.0 Å². The zero-order chi connectivity index (χ0) is 28.0. The quantitative estimate of drug-likeness (QED) is 0.538. The number of amides is 2. The van der Waals surface area contributed by atoms with Gasteiger partial charge < -0.3 is 29.2 Å². The fourth-order valence-corrected chi connectivity index (χ4v) is 4.86. The molecule has 0 aromatic carbocycles. The topological polar surface area (TPSA) is 106 Å². The van der Waals surface area contributed by atoms with E-state index in [9.17, 15) is 9.59 Å². The van der Waals surface area contributed by atoms with Crippen LogP contribution in [0, 0.1) is 5.92 Å². The van der Waals surface area contributed by atoms with Gasteiger partial charge in [0.2, 0.25) is 11.9 Å². The highest BCUT2D eigenvalue weighted by molar-refractivity contribution is 6.61. The Bertz CT molecular complexity index is 1010. The van der Waals surface area contributed by atoms with Gasteiger partial charge in [0.25, 0.3) is 0 Å². The number of anilines is 1. The lowest BCUT2D eigenvalue weighted by Gasteiger charge is -2.32. The first-order chi connectivity index (χ1) is 17.6. The average molecular weight is 529 g/mol. The molecule has 1 unspecified atom stereocenters. The molecule has 4 rings (SSSR count). The summed E-state index contributed by atoms with van der Waals surface area (Å²) < 4.78 is 17.7. The fraction of sp³-hybridized carbons (Fsp3) is 0.778. The van der Waals surface area contributed by atoms with Crippen LogP contribution in [0.4, 0.5) is 10.7 Å². The van der Waals surface area contributed by atoms with Gasteiger partial charge in [-0.25, -0.2) is 14.8 Å². The van der Waals surface area contributed by atoms with Crippen LogP contribution in [0.1, 0.15) is 81.6 Å². The van der Waals surface area contributed by atoms with Gasteiger partial charge in [-0.15, -0.1) is 0 Å². The maximum absolute atomic E-state index is 13.5. The van der Waals surface area contributed by atoms with Crippen molar-refractivity contribution in [2.24, 2.45) is 5.92 Å². The molecule has 3 heterocycles. The van der Waals surface area contributed by atoms with E-state index < -0.39 is 36.1 Å². The highest BCUT2D eigenvalue weighted by Gasteiger charge is 2.52. The van der Waals surface area contributed by atoms with Gasteiger partial charge >= 0.3 is 13.2 Å². The van der Waals surface area contributed by atoms with Crippen molar-refractivity contribution in [3.05, 3.63) is 12.4 Å². The van der Waals surface area contributed by atoms with E-state index >= 15 is 0 Å². The maximum atomic E-state index is 13.5. The zero-order valence-corrected chi connectivity index (χ0v) is 24.4. The molecule has 38 heavy (non-hydrogen) atoms. The molecule has 1 N–H and O–H groups in total. The maximum Gasteiger partial charge on any atom is 0.498 e. The van der Waals surface area contributed by atoms with Crippen molar-refractivity contribution in [1.82, 2.24) is 20.2 Å². The molecule has 2 atom stereocenters. The van der Waals surface area contributed by atoms with Crippen LogP contribution < -0.4 is 15.7 Å². The van der Waals surface area contributed by atoms with E-state index in [2.05, 4.69) is 10.2 Å². The first-order valence-corrected chi connectivity index (χ1v) is 13.8. The van der Waals surface area contributed by atoms with Crippen LogP contribution in [-0.2, 0) is 18.8 Å². The Morgan fingerprint density at radius 2 is 1.66 bits per heavy atom. The number of hydrogen-bond acceptors (Lipinski definition) is 8. The van der Waals surface area contributed by atoms with Crippen LogP contribution in [0.5, 0.6) is 0 Å². The van der Waals surface area contributed by atoms with Crippen LogP contribution in [-0.4, -0.2) is 82.0 Å². The summed E-state index contributed by atoms with van der Waals surface area (Å²) in [6, 6.07) is -0.157. The highest BCUT2D eigenvalue weighted by atomic mass is 16.7. The minimum atomic E-state index is -0.645. The third-order valence-corrected chi connectivity index (χ3v) is 7.83. The number of aromatic nitrogens is 2. The van der Waals surface area contributed by atoms with Crippen molar-refractivity contribution in [3.8, 4) is 0 Å². The molecule has 11 heteroatoms. The number of hydrogen-bond donors (Lipinski definition) is 1. The zero-order valence-electron chi connectivity index (χ0n) is 24.4. The van der Waals surface area contributed by atoms with E-state index in [1.54, 1.807) is 33.2 Å². The molecule has 1 aromatic heterocycles. The van der Waals surface area contributed by atoms with Gasteiger partial charge in [-0.2, -0.15) is 0 Å². The van der Waals surface area contributed by atoms with Gasteiger partial charge in [-0.3, -0.25) is 4.79 Å². The molecule has 2 saturated heterocycles. The molecule has 2 aliphatic heterocycles. The SMILES string of the molecule is CC(C)C(NC(=O)OC(C)(C)C)C(=O)N1CC[C@H](N(c2ncc(B3OC(C)(C)C(C)(C)O3)cn2)C2CC2)C1. The number of carbonyl (C=O) groups excluding carboxylic acids is 2. The Labute approximate surface area is 227 Å². The molecule has 210 valence electrons. The molecule has 2 amide bonds. The summed E-state index contributed by atoms with van der Waals surface area (Å²) in [5.74, 6) is 0.514. The Morgan fingerprint density at radius 1 is 1.08 bits per heavy atom.